The van der Waals surface area contributed by atoms with Gasteiger partial charge in [0.05, 0.1) is 18.8 Å². The predicted molar refractivity (Wildman–Crippen MR) is 136 cm³/mol. The summed E-state index contributed by atoms with van der Waals surface area (Å²) in [5.41, 5.74) is 3.06. The summed E-state index contributed by atoms with van der Waals surface area (Å²) < 4.78 is 5.22. The Morgan fingerprint density at radius 2 is 2.03 bits per heavy atom. The molecule has 182 valence electrons. The number of amides is 2. The molecule has 2 aliphatic heterocycles. The number of likely N-dealkylation sites (N-methyl/N-ethyl adjacent to an activating group) is 1. The summed E-state index contributed by atoms with van der Waals surface area (Å²) in [6, 6.07) is 12.3. The van der Waals surface area contributed by atoms with Gasteiger partial charge in [0.1, 0.15) is 0 Å². The first-order valence-corrected chi connectivity index (χ1v) is 12.5. The molecule has 0 unspecified atom stereocenters. The fourth-order valence-corrected chi connectivity index (χ4v) is 5.86. The SMILES string of the molecule is COc1cc(C(=O)N2CCC[C@@H]2c2cccc(C(=O)Nc3nc4c(s3)CN(C)CC4)c2)ccc1[OH2+]. The van der Waals surface area contributed by atoms with E-state index in [1.807, 2.05) is 23.1 Å². The second-order valence-corrected chi connectivity index (χ2v) is 10.1. The lowest BCUT2D eigenvalue weighted by atomic mass is 10.0. The first-order chi connectivity index (χ1) is 16.9. The highest BCUT2D eigenvalue weighted by molar-refractivity contribution is 7.15. The molecule has 2 amide bonds. The molecule has 3 heterocycles. The van der Waals surface area contributed by atoms with Gasteiger partial charge < -0.3 is 19.6 Å². The molecule has 1 aromatic heterocycles. The van der Waals surface area contributed by atoms with E-state index in [9.17, 15) is 9.59 Å². The van der Waals surface area contributed by atoms with Crippen molar-refractivity contribution < 1.29 is 19.4 Å². The lowest BCUT2D eigenvalue weighted by Gasteiger charge is -2.25. The summed E-state index contributed by atoms with van der Waals surface area (Å²) in [6.07, 6.45) is 2.62. The van der Waals surface area contributed by atoms with Crippen molar-refractivity contribution in [1.29, 1.82) is 0 Å². The Bertz CT molecular complexity index is 1270. The van der Waals surface area contributed by atoms with Gasteiger partial charge in [-0.1, -0.05) is 12.1 Å². The highest BCUT2D eigenvalue weighted by atomic mass is 32.1. The van der Waals surface area contributed by atoms with Crippen LogP contribution in [0, 0.1) is 0 Å². The molecule has 2 aromatic carbocycles. The Balaban J connectivity index is 1.33. The van der Waals surface area contributed by atoms with Crippen molar-refractivity contribution >= 4 is 28.3 Å². The van der Waals surface area contributed by atoms with E-state index in [0.717, 1.165) is 43.6 Å². The van der Waals surface area contributed by atoms with Crippen LogP contribution in [-0.2, 0) is 13.0 Å². The number of carbonyl (C=O) groups is 2. The molecule has 0 saturated carbocycles. The predicted octanol–water partition coefficient (Wildman–Crippen LogP) is 3.81. The van der Waals surface area contributed by atoms with Crippen LogP contribution in [0.2, 0.25) is 0 Å². The van der Waals surface area contributed by atoms with Crippen LogP contribution >= 0.6 is 11.3 Å². The minimum atomic E-state index is -0.196. The number of likely N-dealkylation sites (tertiary alicyclic amines) is 1. The number of fused-ring (bicyclic) bond motifs is 1. The summed E-state index contributed by atoms with van der Waals surface area (Å²) in [4.78, 5) is 36.3. The van der Waals surface area contributed by atoms with Crippen molar-refractivity contribution in [1.82, 2.24) is 14.8 Å². The number of hydrogen-bond acceptors (Lipinski definition) is 6. The number of nitrogens with one attached hydrogen (secondary N) is 1. The number of rotatable bonds is 5. The minimum absolute atomic E-state index is 0.0982. The number of thiazole rings is 1. The van der Waals surface area contributed by atoms with E-state index in [0.29, 0.717) is 28.6 Å². The minimum Gasteiger partial charge on any atom is -0.591 e. The number of benzene rings is 2. The fourth-order valence-electron chi connectivity index (χ4n) is 4.78. The smallest absolute Gasteiger partial charge is 0.296 e. The Labute approximate surface area is 208 Å². The molecule has 0 bridgehead atoms. The summed E-state index contributed by atoms with van der Waals surface area (Å²) in [5, 5.41) is 11.5. The number of hydrogen-bond donors (Lipinski definition) is 1. The molecule has 35 heavy (non-hydrogen) atoms. The van der Waals surface area contributed by atoms with Crippen molar-refractivity contribution in [3.05, 3.63) is 69.7 Å². The molecule has 5 rings (SSSR count). The van der Waals surface area contributed by atoms with Gasteiger partial charge in [-0.3, -0.25) is 14.9 Å². The molecular weight excluding hydrogens is 464 g/mol. The van der Waals surface area contributed by atoms with E-state index in [1.54, 1.807) is 24.3 Å². The quantitative estimate of drug-likeness (QED) is 0.545. The maximum atomic E-state index is 13.3. The van der Waals surface area contributed by atoms with Crippen LogP contribution in [0.1, 0.15) is 55.7 Å². The first kappa shape index (κ1) is 23.3. The number of ether oxygens (including phenoxy) is 1. The third kappa shape index (κ3) is 4.74. The fraction of sp³-hybridized carbons (Fsp3) is 0.346. The van der Waals surface area contributed by atoms with E-state index in [4.69, 9.17) is 9.84 Å². The van der Waals surface area contributed by atoms with Crippen molar-refractivity contribution in [2.75, 3.05) is 32.6 Å². The van der Waals surface area contributed by atoms with Gasteiger partial charge in [0.25, 0.3) is 17.6 Å². The zero-order chi connectivity index (χ0) is 24.5. The second-order valence-electron chi connectivity index (χ2n) is 9.03. The van der Waals surface area contributed by atoms with Gasteiger partial charge in [-0.2, -0.15) is 0 Å². The molecule has 0 spiro atoms. The zero-order valence-electron chi connectivity index (χ0n) is 19.8. The highest BCUT2D eigenvalue weighted by Crippen LogP contribution is 2.35. The number of carbonyl (C=O) groups excluding carboxylic acids is 2. The van der Waals surface area contributed by atoms with E-state index in [1.165, 1.54) is 23.3 Å². The molecule has 1 atom stereocenters. The maximum absolute atomic E-state index is 13.3. The number of anilines is 1. The normalized spacial score (nSPS) is 17.8. The summed E-state index contributed by atoms with van der Waals surface area (Å²) in [7, 11) is 3.58. The average Bonchev–Trinajstić information content (AvgIpc) is 3.50. The van der Waals surface area contributed by atoms with Gasteiger partial charge in [-0.05, 0) is 43.7 Å². The summed E-state index contributed by atoms with van der Waals surface area (Å²) >= 11 is 1.54. The highest BCUT2D eigenvalue weighted by Gasteiger charge is 2.31. The van der Waals surface area contributed by atoms with Crippen LogP contribution in [0.4, 0.5) is 5.13 Å². The second kappa shape index (κ2) is 9.67. The Morgan fingerprint density at radius 1 is 1.17 bits per heavy atom. The largest absolute Gasteiger partial charge is 0.591 e. The van der Waals surface area contributed by atoms with Crippen LogP contribution in [0.3, 0.4) is 0 Å². The number of nitrogens with zero attached hydrogens (tertiary/aromatic N) is 3. The third-order valence-corrected chi connectivity index (χ3v) is 7.64. The van der Waals surface area contributed by atoms with Crippen LogP contribution < -0.4 is 10.1 Å². The first-order valence-electron chi connectivity index (χ1n) is 11.7. The van der Waals surface area contributed by atoms with Gasteiger partial charge >= 0.3 is 0 Å². The lowest BCUT2D eigenvalue weighted by Crippen LogP contribution is -2.30. The standard InChI is InChI=1S/C26H28N4O4S/c1-29-12-10-19-23(15-29)35-26(27-19)28-24(32)17-6-3-5-16(13-17)20-7-4-11-30(20)25(33)18-8-9-21(31)22(14-18)34-2/h3,5-6,8-9,13-14,20,31H,4,7,10-12,15H2,1-2H3,(H,27,28,32)/p+1/t20-/m1/s1. The third-order valence-electron chi connectivity index (χ3n) is 6.64. The maximum Gasteiger partial charge on any atom is 0.296 e. The summed E-state index contributed by atoms with van der Waals surface area (Å²) in [5.74, 6) is 0.326. The van der Waals surface area contributed by atoms with Gasteiger partial charge in [0.15, 0.2) is 5.13 Å². The van der Waals surface area contributed by atoms with E-state index >= 15 is 0 Å². The van der Waals surface area contributed by atoms with Crippen LogP contribution in [0.25, 0.3) is 0 Å². The number of aromatic nitrogens is 1. The summed E-state index contributed by atoms with van der Waals surface area (Å²) in [6.45, 7) is 2.48. The van der Waals surface area contributed by atoms with Gasteiger partial charge in [0.2, 0.25) is 5.75 Å². The van der Waals surface area contributed by atoms with Gasteiger partial charge in [0, 0.05) is 54.2 Å². The Hall–Kier alpha value is -3.43. The van der Waals surface area contributed by atoms with Crippen LogP contribution in [0.5, 0.6) is 11.5 Å². The average molecular weight is 494 g/mol. The van der Waals surface area contributed by atoms with Crippen molar-refractivity contribution in [2.24, 2.45) is 0 Å². The molecule has 3 N–H and O–H groups in total. The monoisotopic (exact) mass is 493 g/mol. The number of methoxy groups -OCH3 is 1. The molecule has 3 aromatic rings. The lowest BCUT2D eigenvalue weighted by molar-refractivity contribution is 0.0735. The van der Waals surface area contributed by atoms with Crippen molar-refractivity contribution in [2.45, 2.75) is 31.8 Å². The van der Waals surface area contributed by atoms with Gasteiger partial charge in [-0.15, -0.1) is 11.3 Å². The Kier molecular flexibility index (Phi) is 6.44. The van der Waals surface area contributed by atoms with Crippen molar-refractivity contribution in [3.63, 3.8) is 0 Å². The van der Waals surface area contributed by atoms with E-state index in [-0.39, 0.29) is 23.6 Å². The molecule has 9 heteroatoms. The Morgan fingerprint density at radius 3 is 2.86 bits per heavy atom. The van der Waals surface area contributed by atoms with Gasteiger partial charge in [-0.25, -0.2) is 4.98 Å². The molecule has 2 aliphatic rings. The van der Waals surface area contributed by atoms with E-state index < -0.39 is 0 Å². The van der Waals surface area contributed by atoms with Crippen LogP contribution in [-0.4, -0.2) is 59.0 Å². The molecule has 1 saturated heterocycles. The van der Waals surface area contributed by atoms with Crippen molar-refractivity contribution in [3.8, 4) is 11.5 Å². The molecule has 1 fully saturated rings. The zero-order valence-corrected chi connectivity index (χ0v) is 20.7. The topological polar surface area (TPSA) is 97.7 Å². The van der Waals surface area contributed by atoms with E-state index in [2.05, 4.69) is 22.2 Å². The molecule has 0 aliphatic carbocycles. The van der Waals surface area contributed by atoms with Crippen LogP contribution in [0.15, 0.2) is 42.5 Å². The molecule has 0 radical (unpaired) electrons. The molecule has 8 nitrogen and oxygen atoms in total. The molecular formula is C26H29N4O4S+.